The second kappa shape index (κ2) is 8.99. The normalized spacial score (nSPS) is 13.8. The molecule has 206 valence electrons. The van der Waals surface area contributed by atoms with Gasteiger partial charge in [-0.3, -0.25) is 0 Å². The van der Waals surface area contributed by atoms with Gasteiger partial charge in [-0.05, 0) is 69.1 Å². The van der Waals surface area contributed by atoms with Crippen molar-refractivity contribution in [1.29, 1.82) is 0 Å². The summed E-state index contributed by atoms with van der Waals surface area (Å²) in [6, 6.07) is 35.2. The van der Waals surface area contributed by atoms with Crippen LogP contribution in [0.25, 0.3) is 20.2 Å². The maximum Gasteiger partial charge on any atom is 0.260 e. The van der Waals surface area contributed by atoms with Gasteiger partial charge in [-0.25, -0.2) is 0 Å². The lowest BCUT2D eigenvalue weighted by Gasteiger charge is -2.36. The lowest BCUT2D eigenvalue weighted by molar-refractivity contribution is 0.447. The molecule has 8 rings (SSSR count). The van der Waals surface area contributed by atoms with Crippen LogP contribution in [0, 0.1) is 0 Å². The molecular weight excluding hydrogens is 531 g/mol. The van der Waals surface area contributed by atoms with Gasteiger partial charge in [-0.15, -0.1) is 11.3 Å². The lowest BCUT2D eigenvalue weighted by Crippen LogP contribution is -2.57. The van der Waals surface area contributed by atoms with Crippen molar-refractivity contribution in [2.24, 2.45) is 0 Å². The van der Waals surface area contributed by atoms with Crippen LogP contribution in [0.4, 0.5) is 0 Å². The standard InChI is InChI=1S/C38H33BO2S/c1-37(2,3)24-20-31-34-32(21-24)41-35-23(12-10-17-29(35)39(34)28-16-7-8-18-30(28)40-31)22-38(4,5)27-15-11-14-26-25-13-6-9-19-33(25)42-36(26)27/h6-21H,22H2,1-5H3. The van der Waals surface area contributed by atoms with Gasteiger partial charge < -0.3 is 9.47 Å². The Kier molecular flexibility index (Phi) is 5.50. The fourth-order valence-electron chi connectivity index (χ4n) is 6.95. The Morgan fingerprint density at radius 1 is 0.667 bits per heavy atom. The maximum atomic E-state index is 6.95. The first-order valence-electron chi connectivity index (χ1n) is 14.8. The third kappa shape index (κ3) is 3.85. The van der Waals surface area contributed by atoms with Crippen LogP contribution in [0.2, 0.25) is 0 Å². The predicted molar refractivity (Wildman–Crippen MR) is 179 cm³/mol. The van der Waals surface area contributed by atoms with Gasteiger partial charge in [0.15, 0.2) is 0 Å². The summed E-state index contributed by atoms with van der Waals surface area (Å²) in [6.07, 6.45) is 0.871. The molecule has 2 aliphatic heterocycles. The highest BCUT2D eigenvalue weighted by atomic mass is 32.1. The largest absolute Gasteiger partial charge is 0.458 e. The molecule has 0 N–H and O–H groups in total. The Balaban J connectivity index is 1.28. The number of fused-ring (bicyclic) bond motifs is 7. The number of hydrogen-bond donors (Lipinski definition) is 0. The summed E-state index contributed by atoms with van der Waals surface area (Å²) in [5.74, 6) is 3.76. The second-order valence-electron chi connectivity index (χ2n) is 13.5. The number of thiophene rings is 1. The van der Waals surface area contributed by atoms with Crippen LogP contribution in [0.3, 0.4) is 0 Å². The van der Waals surface area contributed by atoms with Gasteiger partial charge >= 0.3 is 0 Å². The van der Waals surface area contributed by atoms with Crippen LogP contribution in [0.15, 0.2) is 97.1 Å². The van der Waals surface area contributed by atoms with Gasteiger partial charge in [-0.1, -0.05) is 107 Å². The molecule has 3 heterocycles. The van der Waals surface area contributed by atoms with E-state index >= 15 is 0 Å². The summed E-state index contributed by atoms with van der Waals surface area (Å²) in [7, 11) is 0. The molecule has 5 aromatic carbocycles. The molecular formula is C38H33BO2S. The fraction of sp³-hybridized carbons (Fsp3) is 0.211. The highest BCUT2D eigenvalue weighted by Gasteiger charge is 2.42. The van der Waals surface area contributed by atoms with Crippen LogP contribution in [0.1, 0.15) is 51.3 Å². The summed E-state index contributed by atoms with van der Waals surface area (Å²) in [4.78, 5) is 0. The van der Waals surface area contributed by atoms with E-state index < -0.39 is 0 Å². The van der Waals surface area contributed by atoms with Gasteiger partial charge in [0.25, 0.3) is 6.71 Å². The molecule has 4 heteroatoms. The van der Waals surface area contributed by atoms with E-state index in [9.17, 15) is 0 Å². The van der Waals surface area contributed by atoms with E-state index in [0.29, 0.717) is 0 Å². The number of ether oxygens (including phenoxy) is 2. The molecule has 0 amide bonds. The zero-order valence-corrected chi connectivity index (χ0v) is 25.6. The Hall–Kier alpha value is -4.02. The quantitative estimate of drug-likeness (QED) is 0.200. The van der Waals surface area contributed by atoms with E-state index in [4.69, 9.17) is 9.47 Å². The van der Waals surface area contributed by atoms with Crippen molar-refractivity contribution in [2.75, 3.05) is 0 Å². The van der Waals surface area contributed by atoms with Crippen LogP contribution in [-0.2, 0) is 17.3 Å². The zero-order chi connectivity index (χ0) is 28.8. The molecule has 0 saturated heterocycles. The first kappa shape index (κ1) is 25.7. The molecule has 2 aliphatic rings. The maximum absolute atomic E-state index is 6.95. The van der Waals surface area contributed by atoms with Gasteiger partial charge in [0.2, 0.25) is 0 Å². The predicted octanol–water partition coefficient (Wildman–Crippen LogP) is 8.60. The SMILES string of the molecule is CC(C)(C)c1cc2c3c(c1)Oc1c(CC(C)(C)c4cccc5c4sc4ccccc45)cccc1B3c1ccccc1O2. The van der Waals surface area contributed by atoms with E-state index in [1.807, 2.05) is 11.3 Å². The first-order chi connectivity index (χ1) is 20.2. The molecule has 0 aliphatic carbocycles. The third-order valence-corrected chi connectivity index (χ3v) is 10.3. The molecule has 0 fully saturated rings. The Bertz CT molecular complexity index is 2050. The first-order valence-corrected chi connectivity index (χ1v) is 15.7. The van der Waals surface area contributed by atoms with Crippen LogP contribution < -0.4 is 25.9 Å². The van der Waals surface area contributed by atoms with Crippen molar-refractivity contribution in [2.45, 2.75) is 51.9 Å². The summed E-state index contributed by atoms with van der Waals surface area (Å²) >= 11 is 1.91. The summed E-state index contributed by atoms with van der Waals surface area (Å²) < 4.78 is 16.2. The van der Waals surface area contributed by atoms with Gasteiger partial charge in [0, 0.05) is 25.6 Å². The van der Waals surface area contributed by atoms with Crippen LogP contribution in [-0.4, -0.2) is 6.71 Å². The number of hydrogen-bond acceptors (Lipinski definition) is 3. The van der Waals surface area contributed by atoms with E-state index in [1.54, 1.807) is 0 Å². The fourth-order valence-corrected chi connectivity index (χ4v) is 8.35. The van der Waals surface area contributed by atoms with E-state index in [-0.39, 0.29) is 17.5 Å². The van der Waals surface area contributed by atoms with Crippen molar-refractivity contribution in [3.8, 4) is 23.0 Å². The van der Waals surface area contributed by atoms with Crippen molar-refractivity contribution in [1.82, 2.24) is 0 Å². The third-order valence-electron chi connectivity index (χ3n) is 9.12. The Morgan fingerprint density at radius 3 is 2.19 bits per heavy atom. The molecule has 0 unspecified atom stereocenters. The smallest absolute Gasteiger partial charge is 0.260 e. The second-order valence-corrected chi connectivity index (χ2v) is 14.5. The topological polar surface area (TPSA) is 18.5 Å². The molecule has 6 aromatic rings. The average molecular weight is 565 g/mol. The number of rotatable bonds is 3. The highest BCUT2D eigenvalue weighted by Crippen LogP contribution is 2.44. The van der Waals surface area contributed by atoms with E-state index in [0.717, 1.165) is 34.9 Å². The molecule has 0 saturated carbocycles. The summed E-state index contributed by atoms with van der Waals surface area (Å²) in [5.41, 5.74) is 7.27. The molecule has 2 nitrogen and oxygen atoms in total. The summed E-state index contributed by atoms with van der Waals surface area (Å²) in [5, 5.41) is 2.69. The van der Waals surface area contributed by atoms with Gasteiger partial charge in [-0.2, -0.15) is 0 Å². The molecule has 42 heavy (non-hydrogen) atoms. The minimum absolute atomic E-state index is 0.0323. The minimum Gasteiger partial charge on any atom is -0.458 e. The van der Waals surface area contributed by atoms with Crippen LogP contribution >= 0.6 is 11.3 Å². The number of benzene rings is 5. The van der Waals surface area contributed by atoms with Crippen molar-refractivity contribution < 1.29 is 9.47 Å². The summed E-state index contributed by atoms with van der Waals surface area (Å²) in [6.45, 7) is 11.6. The average Bonchev–Trinajstić information content (AvgIpc) is 3.35. The zero-order valence-electron chi connectivity index (χ0n) is 24.7. The Morgan fingerprint density at radius 2 is 1.36 bits per heavy atom. The molecule has 0 radical (unpaired) electrons. The molecule has 1 aromatic heterocycles. The number of para-hydroxylation sites is 2. The molecule has 0 bridgehead atoms. The van der Waals surface area contributed by atoms with Crippen LogP contribution in [0.5, 0.6) is 23.0 Å². The Labute approximate surface area is 252 Å². The monoisotopic (exact) mass is 564 g/mol. The molecule has 0 atom stereocenters. The van der Waals surface area contributed by atoms with Gasteiger partial charge in [0.1, 0.15) is 23.0 Å². The van der Waals surface area contributed by atoms with Gasteiger partial charge in [0.05, 0.1) is 0 Å². The van der Waals surface area contributed by atoms with E-state index in [2.05, 4.69) is 132 Å². The van der Waals surface area contributed by atoms with Crippen molar-refractivity contribution in [3.05, 3.63) is 114 Å². The van der Waals surface area contributed by atoms with Crippen molar-refractivity contribution >= 4 is 54.6 Å². The van der Waals surface area contributed by atoms with E-state index in [1.165, 1.54) is 47.8 Å². The van der Waals surface area contributed by atoms with Crippen molar-refractivity contribution in [3.63, 3.8) is 0 Å². The lowest BCUT2D eigenvalue weighted by atomic mass is 9.34. The molecule has 0 spiro atoms. The minimum atomic E-state index is -0.106. The highest BCUT2D eigenvalue weighted by molar-refractivity contribution is 7.26.